The van der Waals surface area contributed by atoms with Crippen molar-refractivity contribution in [3.63, 3.8) is 0 Å². The van der Waals surface area contributed by atoms with Gasteiger partial charge in [0.05, 0.1) is 11.3 Å². The molecule has 5 heteroatoms. The van der Waals surface area contributed by atoms with Gasteiger partial charge in [-0.2, -0.15) is 10.4 Å². The minimum Gasteiger partial charge on any atom is -0.476 e. The topological polar surface area (TPSA) is 78.9 Å². The number of nitrogens with zero attached hydrogens (tertiary/aromatic N) is 3. The van der Waals surface area contributed by atoms with Gasteiger partial charge < -0.3 is 5.11 Å². The summed E-state index contributed by atoms with van der Waals surface area (Å²) in [4.78, 5) is 11.1. The fourth-order valence-electron chi connectivity index (χ4n) is 2.12. The molecule has 0 amide bonds. The number of benzene rings is 1. The highest BCUT2D eigenvalue weighted by molar-refractivity contribution is 5.85. The van der Waals surface area contributed by atoms with Gasteiger partial charge in [-0.25, -0.2) is 9.48 Å². The van der Waals surface area contributed by atoms with Crippen molar-refractivity contribution in [2.75, 3.05) is 0 Å². The summed E-state index contributed by atoms with van der Waals surface area (Å²) < 4.78 is 1.60. The summed E-state index contributed by atoms with van der Waals surface area (Å²) in [6, 6.07) is 10.8. The van der Waals surface area contributed by atoms with E-state index < -0.39 is 5.97 Å². The third-order valence-electron chi connectivity index (χ3n) is 3.20. The van der Waals surface area contributed by atoms with Crippen molar-refractivity contribution in [2.45, 2.75) is 18.8 Å². The first kappa shape index (κ1) is 11.5. The summed E-state index contributed by atoms with van der Waals surface area (Å²) in [5.74, 6) is -0.692. The van der Waals surface area contributed by atoms with Crippen molar-refractivity contribution in [1.29, 1.82) is 5.26 Å². The summed E-state index contributed by atoms with van der Waals surface area (Å²) >= 11 is 0. The van der Waals surface area contributed by atoms with Crippen molar-refractivity contribution in [3.8, 4) is 11.8 Å². The molecule has 1 saturated carbocycles. The monoisotopic (exact) mass is 253 g/mol. The first-order chi connectivity index (χ1) is 9.20. The van der Waals surface area contributed by atoms with E-state index in [1.54, 1.807) is 28.9 Å². The summed E-state index contributed by atoms with van der Waals surface area (Å²) in [6.45, 7) is 0. The molecule has 1 fully saturated rings. The van der Waals surface area contributed by atoms with Crippen LogP contribution in [0.15, 0.2) is 30.3 Å². The number of carboxylic acids is 1. The van der Waals surface area contributed by atoms with E-state index >= 15 is 0 Å². The van der Waals surface area contributed by atoms with Crippen LogP contribution in [0, 0.1) is 11.3 Å². The average molecular weight is 253 g/mol. The van der Waals surface area contributed by atoms with Crippen LogP contribution in [-0.4, -0.2) is 20.9 Å². The highest BCUT2D eigenvalue weighted by Gasteiger charge is 2.30. The second kappa shape index (κ2) is 4.25. The summed E-state index contributed by atoms with van der Waals surface area (Å²) in [7, 11) is 0. The van der Waals surface area contributed by atoms with E-state index in [0.717, 1.165) is 18.5 Å². The molecule has 3 rings (SSSR count). The molecule has 0 saturated heterocycles. The molecule has 1 N–H and O–H groups in total. The number of rotatable bonds is 3. The molecule has 2 aromatic rings. The second-order valence-electron chi connectivity index (χ2n) is 4.57. The van der Waals surface area contributed by atoms with Crippen molar-refractivity contribution in [1.82, 2.24) is 9.78 Å². The standard InChI is InChI=1S/C14H11N3O2/c15-8-10-3-1-2-4-12(10)17-13(9-5-6-9)7-11(16-17)14(18)19/h1-4,7,9H,5-6H2,(H,18,19). The van der Waals surface area contributed by atoms with Gasteiger partial charge in [-0.3, -0.25) is 0 Å². The van der Waals surface area contributed by atoms with Crippen molar-refractivity contribution in [2.24, 2.45) is 0 Å². The maximum absolute atomic E-state index is 11.1. The zero-order valence-corrected chi connectivity index (χ0v) is 10.1. The lowest BCUT2D eigenvalue weighted by Crippen LogP contribution is -2.05. The van der Waals surface area contributed by atoms with Gasteiger partial charge in [-0.15, -0.1) is 0 Å². The maximum Gasteiger partial charge on any atom is 0.356 e. The highest BCUT2D eigenvalue weighted by Crippen LogP contribution is 2.41. The van der Waals surface area contributed by atoms with Crippen molar-refractivity contribution in [3.05, 3.63) is 47.3 Å². The Hall–Kier alpha value is -2.61. The highest BCUT2D eigenvalue weighted by atomic mass is 16.4. The van der Waals surface area contributed by atoms with E-state index in [9.17, 15) is 4.79 Å². The van der Waals surface area contributed by atoms with Gasteiger partial charge in [-0.05, 0) is 31.0 Å². The number of nitriles is 1. The number of hydrogen-bond acceptors (Lipinski definition) is 3. The van der Waals surface area contributed by atoms with Crippen LogP contribution >= 0.6 is 0 Å². The lowest BCUT2D eigenvalue weighted by molar-refractivity contribution is 0.0690. The third kappa shape index (κ3) is 1.97. The average Bonchev–Trinajstić information content (AvgIpc) is 3.17. The molecule has 1 heterocycles. The minimum atomic E-state index is -1.05. The Bertz CT molecular complexity index is 693. The van der Waals surface area contributed by atoms with Gasteiger partial charge >= 0.3 is 5.97 Å². The van der Waals surface area contributed by atoms with E-state index in [1.807, 2.05) is 6.07 Å². The van der Waals surface area contributed by atoms with Crippen LogP contribution < -0.4 is 0 Å². The Kier molecular flexibility index (Phi) is 2.57. The quantitative estimate of drug-likeness (QED) is 0.910. The zero-order chi connectivity index (χ0) is 13.4. The van der Waals surface area contributed by atoms with Crippen LogP contribution in [0.1, 0.15) is 40.5 Å². The van der Waals surface area contributed by atoms with Gasteiger partial charge in [0, 0.05) is 11.6 Å². The molecule has 0 spiro atoms. The first-order valence-corrected chi connectivity index (χ1v) is 6.03. The molecule has 0 unspecified atom stereocenters. The summed E-state index contributed by atoms with van der Waals surface area (Å²) in [5, 5.41) is 22.3. The number of hydrogen-bond donors (Lipinski definition) is 1. The van der Waals surface area contributed by atoms with Crippen molar-refractivity contribution >= 4 is 5.97 Å². The fraction of sp³-hybridized carbons (Fsp3) is 0.214. The Morgan fingerprint density at radius 3 is 2.79 bits per heavy atom. The molecule has 0 radical (unpaired) electrons. The Morgan fingerprint density at radius 2 is 2.16 bits per heavy atom. The molecule has 0 bridgehead atoms. The molecule has 1 aliphatic carbocycles. The van der Waals surface area contributed by atoms with Gasteiger partial charge in [0.2, 0.25) is 0 Å². The van der Waals surface area contributed by atoms with Gasteiger partial charge in [0.15, 0.2) is 5.69 Å². The molecule has 1 aromatic carbocycles. The van der Waals surface area contributed by atoms with E-state index in [1.165, 1.54) is 0 Å². The third-order valence-corrected chi connectivity index (χ3v) is 3.20. The van der Waals surface area contributed by atoms with Crippen LogP contribution in [0.3, 0.4) is 0 Å². The van der Waals surface area contributed by atoms with E-state index in [4.69, 9.17) is 10.4 Å². The first-order valence-electron chi connectivity index (χ1n) is 6.03. The number of carboxylic acid groups (broad SMARTS) is 1. The second-order valence-corrected chi connectivity index (χ2v) is 4.57. The van der Waals surface area contributed by atoms with E-state index in [2.05, 4.69) is 11.2 Å². The van der Waals surface area contributed by atoms with Crippen molar-refractivity contribution < 1.29 is 9.90 Å². The lowest BCUT2D eigenvalue weighted by atomic mass is 10.2. The zero-order valence-electron chi connectivity index (χ0n) is 10.1. The number of aromatic carboxylic acids is 1. The predicted octanol–water partition coefficient (Wildman–Crippen LogP) is 2.32. The van der Waals surface area contributed by atoms with Gasteiger partial charge in [-0.1, -0.05) is 12.1 Å². The van der Waals surface area contributed by atoms with Gasteiger partial charge in [0.1, 0.15) is 6.07 Å². The lowest BCUT2D eigenvalue weighted by Gasteiger charge is -2.07. The predicted molar refractivity (Wildman–Crippen MR) is 67.2 cm³/mol. The minimum absolute atomic E-state index is 0.0228. The maximum atomic E-state index is 11.1. The normalized spacial score (nSPS) is 14.1. The molecule has 0 atom stereocenters. The van der Waals surface area contributed by atoms with Crippen LogP contribution in [0.2, 0.25) is 0 Å². The van der Waals surface area contributed by atoms with E-state index in [-0.39, 0.29) is 5.69 Å². The Morgan fingerprint density at radius 1 is 1.42 bits per heavy atom. The molecule has 0 aliphatic heterocycles. The number of para-hydroxylation sites is 1. The summed E-state index contributed by atoms with van der Waals surface area (Å²) in [6.07, 6.45) is 2.08. The molecule has 1 aliphatic rings. The summed E-state index contributed by atoms with van der Waals surface area (Å²) in [5.41, 5.74) is 2.03. The molecular weight excluding hydrogens is 242 g/mol. The smallest absolute Gasteiger partial charge is 0.356 e. The van der Waals surface area contributed by atoms with Crippen LogP contribution in [0.25, 0.3) is 5.69 Å². The molecule has 1 aromatic heterocycles. The van der Waals surface area contributed by atoms with E-state index in [0.29, 0.717) is 17.2 Å². The largest absolute Gasteiger partial charge is 0.476 e. The number of carbonyl (C=O) groups is 1. The molecule has 5 nitrogen and oxygen atoms in total. The SMILES string of the molecule is N#Cc1ccccc1-n1nc(C(=O)O)cc1C1CC1. The van der Waals surface area contributed by atoms with Crippen LogP contribution in [0.4, 0.5) is 0 Å². The number of aromatic nitrogens is 2. The van der Waals surface area contributed by atoms with Crippen LogP contribution in [-0.2, 0) is 0 Å². The molecule has 19 heavy (non-hydrogen) atoms. The molecule has 94 valence electrons. The fourth-order valence-corrected chi connectivity index (χ4v) is 2.12. The molecular formula is C14H11N3O2. The van der Waals surface area contributed by atoms with Crippen LogP contribution in [0.5, 0.6) is 0 Å². The van der Waals surface area contributed by atoms with Gasteiger partial charge in [0.25, 0.3) is 0 Å². The Balaban J connectivity index is 2.18. The Labute approximate surface area is 109 Å².